The summed E-state index contributed by atoms with van der Waals surface area (Å²) in [5, 5.41) is 5.34. The molecule has 0 spiro atoms. The third-order valence-electron chi connectivity index (χ3n) is 2.25. The van der Waals surface area contributed by atoms with Gasteiger partial charge in [-0.1, -0.05) is 0 Å². The molecule has 0 heterocycles. The molecule has 6 nitrogen and oxygen atoms in total. The second-order valence-electron chi connectivity index (χ2n) is 3.76. The molecule has 18 heavy (non-hydrogen) atoms. The molecule has 2 amide bonds. The zero-order chi connectivity index (χ0) is 13.5. The van der Waals surface area contributed by atoms with E-state index in [4.69, 9.17) is 10.5 Å². The number of hydrogen-bond donors (Lipinski definition) is 3. The summed E-state index contributed by atoms with van der Waals surface area (Å²) in [6, 6.07) is 5.17. The summed E-state index contributed by atoms with van der Waals surface area (Å²) < 4.78 is 4.72. The molecule has 1 aromatic rings. The fraction of sp³-hybridized carbons (Fsp3) is 0.333. The molecule has 1 aromatic carbocycles. The first-order chi connectivity index (χ1) is 8.56. The van der Waals surface area contributed by atoms with Gasteiger partial charge in [0.2, 0.25) is 11.8 Å². The summed E-state index contributed by atoms with van der Waals surface area (Å²) in [6.45, 7) is 1.77. The van der Waals surface area contributed by atoms with Gasteiger partial charge in [-0.05, 0) is 30.7 Å². The molecule has 0 fully saturated rings. The van der Waals surface area contributed by atoms with Crippen molar-refractivity contribution in [1.29, 1.82) is 0 Å². The van der Waals surface area contributed by atoms with Crippen LogP contribution in [0.15, 0.2) is 18.2 Å². The first kappa shape index (κ1) is 14.1. The van der Waals surface area contributed by atoms with Crippen molar-refractivity contribution in [2.75, 3.05) is 30.9 Å². The second kappa shape index (κ2) is 6.73. The summed E-state index contributed by atoms with van der Waals surface area (Å²) in [5.41, 5.74) is 7.38. The van der Waals surface area contributed by atoms with E-state index in [-0.39, 0.29) is 25.0 Å². The predicted octanol–water partition coefficient (Wildman–Crippen LogP) is 0.477. The number of rotatable bonds is 5. The van der Waals surface area contributed by atoms with Gasteiger partial charge < -0.3 is 21.1 Å². The van der Waals surface area contributed by atoms with Gasteiger partial charge in [0.15, 0.2) is 0 Å². The minimum Gasteiger partial charge on any atom is -0.375 e. The van der Waals surface area contributed by atoms with Crippen LogP contribution >= 0.6 is 0 Å². The Morgan fingerprint density at radius 3 is 2.56 bits per heavy atom. The third kappa shape index (κ3) is 4.15. The lowest BCUT2D eigenvalue weighted by Crippen LogP contribution is -2.22. The maximum absolute atomic E-state index is 11.4. The van der Waals surface area contributed by atoms with Crippen LogP contribution in [0.1, 0.15) is 5.56 Å². The monoisotopic (exact) mass is 251 g/mol. The standard InChI is InChI=1S/C12H17N3O3/c1-8-5-9(14-11(16)6-13)3-4-10(8)15-12(17)7-18-2/h3-5H,6-7,13H2,1-2H3,(H,14,16)(H,15,17). The Bertz CT molecular complexity index is 446. The number of benzene rings is 1. The quantitative estimate of drug-likeness (QED) is 0.709. The summed E-state index contributed by atoms with van der Waals surface area (Å²) in [4.78, 5) is 22.5. The second-order valence-corrected chi connectivity index (χ2v) is 3.76. The van der Waals surface area contributed by atoms with Crippen LogP contribution in [0.2, 0.25) is 0 Å². The van der Waals surface area contributed by atoms with Crippen LogP contribution in [0.3, 0.4) is 0 Å². The fourth-order valence-corrected chi connectivity index (χ4v) is 1.41. The normalized spacial score (nSPS) is 9.94. The van der Waals surface area contributed by atoms with E-state index in [0.29, 0.717) is 11.4 Å². The summed E-state index contributed by atoms with van der Waals surface area (Å²) in [7, 11) is 1.46. The van der Waals surface area contributed by atoms with Crippen molar-refractivity contribution >= 4 is 23.2 Å². The number of ether oxygens (including phenoxy) is 1. The molecule has 0 atom stereocenters. The number of nitrogens with two attached hydrogens (primary N) is 1. The van der Waals surface area contributed by atoms with Crippen molar-refractivity contribution in [1.82, 2.24) is 0 Å². The Balaban J connectivity index is 2.73. The van der Waals surface area contributed by atoms with E-state index in [1.807, 2.05) is 6.92 Å². The molecule has 0 aliphatic rings. The fourth-order valence-electron chi connectivity index (χ4n) is 1.41. The van der Waals surface area contributed by atoms with Crippen LogP contribution in [0.4, 0.5) is 11.4 Å². The molecule has 4 N–H and O–H groups in total. The van der Waals surface area contributed by atoms with Crippen molar-refractivity contribution in [3.63, 3.8) is 0 Å². The number of anilines is 2. The van der Waals surface area contributed by atoms with Crippen molar-refractivity contribution < 1.29 is 14.3 Å². The van der Waals surface area contributed by atoms with Gasteiger partial charge in [-0.2, -0.15) is 0 Å². The van der Waals surface area contributed by atoms with Gasteiger partial charge in [0.1, 0.15) is 6.61 Å². The zero-order valence-electron chi connectivity index (χ0n) is 10.4. The van der Waals surface area contributed by atoms with Gasteiger partial charge in [-0.25, -0.2) is 0 Å². The zero-order valence-corrected chi connectivity index (χ0v) is 10.4. The third-order valence-corrected chi connectivity index (χ3v) is 2.25. The number of methoxy groups -OCH3 is 1. The number of aryl methyl sites for hydroxylation is 1. The Kier molecular flexibility index (Phi) is 5.29. The van der Waals surface area contributed by atoms with E-state index in [9.17, 15) is 9.59 Å². The Morgan fingerprint density at radius 2 is 2.00 bits per heavy atom. The number of nitrogens with one attached hydrogen (secondary N) is 2. The lowest BCUT2D eigenvalue weighted by Gasteiger charge is -2.10. The predicted molar refractivity (Wildman–Crippen MR) is 69.4 cm³/mol. The van der Waals surface area contributed by atoms with Gasteiger partial charge in [0.05, 0.1) is 6.54 Å². The molecular weight excluding hydrogens is 234 g/mol. The van der Waals surface area contributed by atoms with Gasteiger partial charge in [-0.3, -0.25) is 9.59 Å². The largest absolute Gasteiger partial charge is 0.375 e. The first-order valence-electron chi connectivity index (χ1n) is 5.46. The van der Waals surface area contributed by atoms with Crippen molar-refractivity contribution in [2.24, 2.45) is 5.73 Å². The highest BCUT2D eigenvalue weighted by Crippen LogP contribution is 2.19. The Labute approximate surface area is 105 Å². The summed E-state index contributed by atoms with van der Waals surface area (Å²) in [5.74, 6) is -0.482. The average Bonchev–Trinajstić information content (AvgIpc) is 2.33. The van der Waals surface area contributed by atoms with Crippen LogP contribution in [0, 0.1) is 6.92 Å². The van der Waals surface area contributed by atoms with Gasteiger partial charge in [-0.15, -0.1) is 0 Å². The number of amides is 2. The molecule has 0 saturated carbocycles. The SMILES string of the molecule is COCC(=O)Nc1ccc(NC(=O)CN)cc1C. The number of carbonyl (C=O) groups excluding carboxylic acids is 2. The molecule has 0 aliphatic heterocycles. The van der Waals surface area contributed by atoms with Crippen molar-refractivity contribution in [3.05, 3.63) is 23.8 Å². The lowest BCUT2D eigenvalue weighted by atomic mass is 10.1. The van der Waals surface area contributed by atoms with Crippen LogP contribution in [-0.4, -0.2) is 32.1 Å². The first-order valence-corrected chi connectivity index (χ1v) is 5.46. The maximum atomic E-state index is 11.4. The van der Waals surface area contributed by atoms with E-state index in [2.05, 4.69) is 10.6 Å². The molecule has 0 aromatic heterocycles. The maximum Gasteiger partial charge on any atom is 0.250 e. The van der Waals surface area contributed by atoms with Gasteiger partial charge in [0, 0.05) is 18.5 Å². The highest BCUT2D eigenvalue weighted by molar-refractivity contribution is 5.94. The summed E-state index contributed by atoms with van der Waals surface area (Å²) >= 11 is 0. The molecule has 1 rings (SSSR count). The van der Waals surface area contributed by atoms with E-state index in [1.165, 1.54) is 7.11 Å². The number of carbonyl (C=O) groups is 2. The highest BCUT2D eigenvalue weighted by atomic mass is 16.5. The lowest BCUT2D eigenvalue weighted by molar-refractivity contribution is -0.119. The molecule has 0 unspecified atom stereocenters. The van der Waals surface area contributed by atoms with E-state index >= 15 is 0 Å². The Hall–Kier alpha value is -1.92. The molecule has 0 aliphatic carbocycles. The average molecular weight is 251 g/mol. The van der Waals surface area contributed by atoms with Crippen LogP contribution < -0.4 is 16.4 Å². The van der Waals surface area contributed by atoms with Crippen LogP contribution in [0.25, 0.3) is 0 Å². The van der Waals surface area contributed by atoms with Crippen molar-refractivity contribution in [3.8, 4) is 0 Å². The molecular formula is C12H17N3O3. The number of hydrogen-bond acceptors (Lipinski definition) is 4. The minimum atomic E-state index is -0.259. The molecule has 0 radical (unpaired) electrons. The van der Waals surface area contributed by atoms with E-state index < -0.39 is 0 Å². The van der Waals surface area contributed by atoms with Crippen LogP contribution in [-0.2, 0) is 14.3 Å². The van der Waals surface area contributed by atoms with Crippen LogP contribution in [0.5, 0.6) is 0 Å². The van der Waals surface area contributed by atoms with E-state index in [0.717, 1.165) is 5.56 Å². The summed E-state index contributed by atoms with van der Waals surface area (Å²) in [6.07, 6.45) is 0. The van der Waals surface area contributed by atoms with Gasteiger partial charge in [0.25, 0.3) is 0 Å². The van der Waals surface area contributed by atoms with Crippen molar-refractivity contribution in [2.45, 2.75) is 6.92 Å². The van der Waals surface area contributed by atoms with E-state index in [1.54, 1.807) is 18.2 Å². The minimum absolute atomic E-state index is 0.00506. The molecule has 0 saturated heterocycles. The molecule has 6 heteroatoms. The van der Waals surface area contributed by atoms with Gasteiger partial charge >= 0.3 is 0 Å². The smallest absolute Gasteiger partial charge is 0.250 e. The molecule has 98 valence electrons. The molecule has 0 bridgehead atoms. The topological polar surface area (TPSA) is 93.5 Å². The highest BCUT2D eigenvalue weighted by Gasteiger charge is 2.06. The Morgan fingerprint density at radius 1 is 1.28 bits per heavy atom.